The van der Waals surface area contributed by atoms with Crippen LogP contribution in [0.5, 0.6) is 0 Å². The number of benzene rings is 2. The SMILES string of the molecule is Cc1cc(C(N)c2cc(Cl)c(Br)cc2F)ccc1F. The van der Waals surface area contributed by atoms with Crippen LogP contribution < -0.4 is 5.73 Å². The van der Waals surface area contributed by atoms with Crippen LogP contribution in [0, 0.1) is 18.6 Å². The van der Waals surface area contributed by atoms with Gasteiger partial charge in [-0.25, -0.2) is 8.78 Å². The predicted molar refractivity (Wildman–Crippen MR) is 76.3 cm³/mol. The van der Waals surface area contributed by atoms with E-state index in [9.17, 15) is 8.78 Å². The molecule has 1 unspecified atom stereocenters. The topological polar surface area (TPSA) is 26.0 Å². The second-order valence-corrected chi connectivity index (χ2v) is 5.54. The van der Waals surface area contributed by atoms with E-state index >= 15 is 0 Å². The molecule has 0 amide bonds. The van der Waals surface area contributed by atoms with Crippen LogP contribution in [0.3, 0.4) is 0 Å². The molecule has 0 heterocycles. The highest BCUT2D eigenvalue weighted by molar-refractivity contribution is 9.10. The molecule has 1 nitrogen and oxygen atoms in total. The zero-order valence-electron chi connectivity index (χ0n) is 10.1. The van der Waals surface area contributed by atoms with Gasteiger partial charge in [-0.2, -0.15) is 0 Å². The number of nitrogens with two attached hydrogens (primary N) is 1. The Morgan fingerprint density at radius 2 is 1.84 bits per heavy atom. The summed E-state index contributed by atoms with van der Waals surface area (Å²) in [7, 11) is 0. The van der Waals surface area contributed by atoms with Gasteiger partial charge in [-0.3, -0.25) is 0 Å². The maximum atomic E-state index is 13.9. The fourth-order valence-corrected chi connectivity index (χ4v) is 2.30. The molecule has 0 fully saturated rings. The Balaban J connectivity index is 2.46. The van der Waals surface area contributed by atoms with E-state index in [2.05, 4.69) is 15.9 Å². The van der Waals surface area contributed by atoms with Crippen molar-refractivity contribution in [2.75, 3.05) is 0 Å². The first-order chi connectivity index (χ1) is 8.90. The Hall–Kier alpha value is -0.970. The average Bonchev–Trinajstić information content (AvgIpc) is 2.36. The van der Waals surface area contributed by atoms with Crippen molar-refractivity contribution in [3.05, 3.63) is 68.2 Å². The van der Waals surface area contributed by atoms with E-state index in [4.69, 9.17) is 17.3 Å². The van der Waals surface area contributed by atoms with Gasteiger partial charge < -0.3 is 5.73 Å². The molecule has 100 valence electrons. The maximum absolute atomic E-state index is 13.9. The number of rotatable bonds is 2. The summed E-state index contributed by atoms with van der Waals surface area (Å²) in [5.41, 5.74) is 7.40. The first kappa shape index (κ1) is 14.4. The van der Waals surface area contributed by atoms with Gasteiger partial charge in [-0.1, -0.05) is 23.7 Å². The standard InChI is InChI=1S/C14H11BrClF2N/c1-7-4-8(2-3-12(7)17)14(19)9-5-11(16)10(15)6-13(9)18/h2-6,14H,19H2,1H3. The van der Waals surface area contributed by atoms with Crippen LogP contribution in [-0.2, 0) is 0 Å². The van der Waals surface area contributed by atoms with Crippen molar-refractivity contribution in [1.82, 2.24) is 0 Å². The third-order valence-corrected chi connectivity index (χ3v) is 4.11. The lowest BCUT2D eigenvalue weighted by atomic mass is 9.97. The molecule has 0 bridgehead atoms. The normalized spacial score (nSPS) is 12.5. The molecule has 19 heavy (non-hydrogen) atoms. The summed E-state index contributed by atoms with van der Waals surface area (Å²) in [6, 6.07) is 6.53. The summed E-state index contributed by atoms with van der Waals surface area (Å²) >= 11 is 9.09. The van der Waals surface area contributed by atoms with E-state index in [1.54, 1.807) is 19.1 Å². The summed E-state index contributed by atoms with van der Waals surface area (Å²) in [5, 5.41) is 0.380. The molecule has 1 atom stereocenters. The lowest BCUT2D eigenvalue weighted by molar-refractivity contribution is 0.597. The van der Waals surface area contributed by atoms with Crippen molar-refractivity contribution in [1.29, 1.82) is 0 Å². The number of hydrogen-bond acceptors (Lipinski definition) is 1. The summed E-state index contributed by atoms with van der Waals surface area (Å²) < 4.78 is 27.6. The molecule has 0 aromatic heterocycles. The molecule has 0 aliphatic carbocycles. The smallest absolute Gasteiger partial charge is 0.129 e. The van der Waals surface area contributed by atoms with Crippen molar-refractivity contribution in [3.8, 4) is 0 Å². The van der Waals surface area contributed by atoms with Crippen LogP contribution >= 0.6 is 27.5 Å². The van der Waals surface area contributed by atoms with Gasteiger partial charge >= 0.3 is 0 Å². The minimum absolute atomic E-state index is 0.277. The summed E-state index contributed by atoms with van der Waals surface area (Å²) in [6.07, 6.45) is 0. The van der Waals surface area contributed by atoms with Crippen LogP contribution in [0.25, 0.3) is 0 Å². The molecule has 2 N–H and O–H groups in total. The third kappa shape index (κ3) is 2.96. The van der Waals surface area contributed by atoms with Crippen molar-refractivity contribution in [3.63, 3.8) is 0 Å². The van der Waals surface area contributed by atoms with Crippen molar-refractivity contribution in [2.45, 2.75) is 13.0 Å². The number of aryl methyl sites for hydroxylation is 1. The summed E-state index contributed by atoms with van der Waals surface area (Å²) in [4.78, 5) is 0. The van der Waals surface area contributed by atoms with Crippen LogP contribution in [0.15, 0.2) is 34.8 Å². The maximum Gasteiger partial charge on any atom is 0.129 e. The number of halogens is 4. The van der Waals surface area contributed by atoms with Gasteiger partial charge in [0.25, 0.3) is 0 Å². The zero-order chi connectivity index (χ0) is 14.2. The molecule has 2 rings (SSSR count). The van der Waals surface area contributed by atoms with Gasteiger partial charge in [-0.05, 0) is 52.2 Å². The zero-order valence-corrected chi connectivity index (χ0v) is 12.4. The Labute approximate surface area is 123 Å². The van der Waals surface area contributed by atoms with Gasteiger partial charge in [0.2, 0.25) is 0 Å². The first-order valence-electron chi connectivity index (χ1n) is 5.56. The van der Waals surface area contributed by atoms with Crippen LogP contribution in [0.1, 0.15) is 22.7 Å². The summed E-state index contributed by atoms with van der Waals surface area (Å²) in [5.74, 6) is -0.768. The lowest BCUT2D eigenvalue weighted by Gasteiger charge is -2.15. The van der Waals surface area contributed by atoms with Crippen molar-refractivity contribution < 1.29 is 8.78 Å². The minimum atomic E-state index is -0.690. The van der Waals surface area contributed by atoms with E-state index < -0.39 is 11.9 Å². The Kier molecular flexibility index (Phi) is 4.23. The van der Waals surface area contributed by atoms with E-state index in [0.29, 0.717) is 20.6 Å². The molecule has 0 spiro atoms. The van der Waals surface area contributed by atoms with Gasteiger partial charge in [0, 0.05) is 10.0 Å². The molecular formula is C14H11BrClF2N. The molecule has 5 heteroatoms. The van der Waals surface area contributed by atoms with Crippen molar-refractivity contribution in [2.24, 2.45) is 5.73 Å². The predicted octanol–water partition coefficient (Wildman–Crippen LogP) is 4.74. The molecule has 2 aromatic rings. The second-order valence-electron chi connectivity index (χ2n) is 4.27. The molecule has 0 aliphatic heterocycles. The van der Waals surface area contributed by atoms with Gasteiger partial charge in [0.05, 0.1) is 11.1 Å². The molecule has 2 aromatic carbocycles. The molecule has 0 aliphatic rings. The summed E-state index contributed by atoms with van der Waals surface area (Å²) in [6.45, 7) is 1.64. The second kappa shape index (κ2) is 5.57. The molecule has 0 saturated heterocycles. The van der Waals surface area contributed by atoms with Crippen molar-refractivity contribution >= 4 is 27.5 Å². The average molecular weight is 347 g/mol. The van der Waals surface area contributed by atoms with E-state index in [1.807, 2.05) is 0 Å². The fourth-order valence-electron chi connectivity index (χ4n) is 1.82. The Bertz CT molecular complexity index is 631. The van der Waals surface area contributed by atoms with Gasteiger partial charge in [-0.15, -0.1) is 0 Å². The largest absolute Gasteiger partial charge is 0.320 e. The Morgan fingerprint density at radius 3 is 2.47 bits per heavy atom. The molecule has 0 saturated carbocycles. The van der Waals surface area contributed by atoms with Gasteiger partial charge in [0.1, 0.15) is 11.6 Å². The van der Waals surface area contributed by atoms with E-state index in [0.717, 1.165) is 0 Å². The third-order valence-electron chi connectivity index (χ3n) is 2.92. The highest BCUT2D eigenvalue weighted by Gasteiger charge is 2.16. The van der Waals surface area contributed by atoms with E-state index in [-0.39, 0.29) is 11.4 Å². The molecular weight excluding hydrogens is 336 g/mol. The minimum Gasteiger partial charge on any atom is -0.320 e. The molecule has 0 radical (unpaired) electrons. The van der Waals surface area contributed by atoms with Crippen LogP contribution in [-0.4, -0.2) is 0 Å². The monoisotopic (exact) mass is 345 g/mol. The van der Waals surface area contributed by atoms with Crippen LogP contribution in [0.4, 0.5) is 8.78 Å². The number of hydrogen-bond donors (Lipinski definition) is 1. The quantitative estimate of drug-likeness (QED) is 0.781. The highest BCUT2D eigenvalue weighted by atomic mass is 79.9. The van der Waals surface area contributed by atoms with Crippen LogP contribution in [0.2, 0.25) is 5.02 Å². The first-order valence-corrected chi connectivity index (χ1v) is 6.73. The fraction of sp³-hybridized carbons (Fsp3) is 0.143. The highest BCUT2D eigenvalue weighted by Crippen LogP contribution is 2.30. The van der Waals surface area contributed by atoms with E-state index in [1.165, 1.54) is 18.2 Å². The lowest BCUT2D eigenvalue weighted by Crippen LogP contribution is -2.14. The Morgan fingerprint density at radius 1 is 1.16 bits per heavy atom. The van der Waals surface area contributed by atoms with Gasteiger partial charge in [0.15, 0.2) is 0 Å².